The van der Waals surface area contributed by atoms with Crippen LogP contribution in [0.1, 0.15) is 5.69 Å². The summed E-state index contributed by atoms with van der Waals surface area (Å²) in [7, 11) is 1.60. The number of halogens is 4. The van der Waals surface area contributed by atoms with E-state index in [0.717, 1.165) is 0 Å². The van der Waals surface area contributed by atoms with Crippen molar-refractivity contribution in [2.24, 2.45) is 7.05 Å². The lowest BCUT2D eigenvalue weighted by Crippen LogP contribution is -2.17. The molecular weight excluding hydrogens is 326 g/mol. The predicted octanol–water partition coefficient (Wildman–Crippen LogP) is 1.69. The van der Waals surface area contributed by atoms with Gasteiger partial charge < -0.3 is 10.5 Å². The first kappa shape index (κ1) is 12.6. The van der Waals surface area contributed by atoms with Crippen LogP contribution in [0.4, 0.5) is 19.0 Å². The van der Waals surface area contributed by atoms with Gasteiger partial charge in [-0.05, 0) is 22.6 Å². The van der Waals surface area contributed by atoms with Crippen LogP contribution in [0.5, 0.6) is 0 Å². The smallest absolute Gasteiger partial charge is 0.381 e. The topological polar surface area (TPSA) is 53.1 Å². The van der Waals surface area contributed by atoms with Gasteiger partial charge in [0.05, 0.1) is 15.9 Å². The second-order valence-electron chi connectivity index (χ2n) is 2.88. The summed E-state index contributed by atoms with van der Waals surface area (Å²) in [6.45, 7) is -1.42. The van der Waals surface area contributed by atoms with Gasteiger partial charge in [-0.25, -0.2) is 0 Å². The van der Waals surface area contributed by atoms with Crippen LogP contribution >= 0.6 is 22.6 Å². The van der Waals surface area contributed by atoms with Crippen molar-refractivity contribution in [2.75, 3.05) is 12.3 Å². The van der Waals surface area contributed by atoms with E-state index in [9.17, 15) is 13.2 Å². The molecule has 0 aliphatic heterocycles. The minimum absolute atomic E-state index is 0.154. The van der Waals surface area contributed by atoms with E-state index in [1.807, 2.05) is 22.6 Å². The van der Waals surface area contributed by atoms with Crippen LogP contribution in [0.25, 0.3) is 0 Å². The molecule has 1 rings (SSSR count). The lowest BCUT2D eigenvalue weighted by molar-refractivity contribution is -0.177. The monoisotopic (exact) mass is 335 g/mol. The standard InChI is InChI=1S/C7H9F3IN3O/c1-14-4(5(11)6(12)13-14)2-15-3-7(8,9)10/h2-3H2,1H3,(H2,12,13). The quantitative estimate of drug-likeness (QED) is 0.856. The average Bonchev–Trinajstić information content (AvgIpc) is 2.29. The molecule has 0 aromatic carbocycles. The number of anilines is 1. The second-order valence-corrected chi connectivity index (χ2v) is 3.96. The van der Waals surface area contributed by atoms with E-state index < -0.39 is 12.8 Å². The van der Waals surface area contributed by atoms with Crippen LogP contribution in [-0.4, -0.2) is 22.6 Å². The Morgan fingerprint density at radius 2 is 2.13 bits per heavy atom. The van der Waals surface area contributed by atoms with Crippen LogP contribution in [0.15, 0.2) is 0 Å². The number of aromatic nitrogens is 2. The molecule has 86 valence electrons. The first-order valence-corrected chi connectivity index (χ1v) is 5.00. The van der Waals surface area contributed by atoms with E-state index in [2.05, 4.69) is 9.84 Å². The van der Waals surface area contributed by atoms with Gasteiger partial charge in [-0.15, -0.1) is 0 Å². The number of ether oxygens (including phenoxy) is 1. The van der Waals surface area contributed by atoms with Crippen LogP contribution in [0.2, 0.25) is 0 Å². The van der Waals surface area contributed by atoms with Crippen LogP contribution in [0, 0.1) is 3.57 Å². The van der Waals surface area contributed by atoms with E-state index in [1.165, 1.54) is 4.68 Å². The fraction of sp³-hybridized carbons (Fsp3) is 0.571. The molecule has 0 fully saturated rings. The maximum Gasteiger partial charge on any atom is 0.411 e. The van der Waals surface area contributed by atoms with Gasteiger partial charge in [0.25, 0.3) is 0 Å². The zero-order valence-electron chi connectivity index (χ0n) is 7.81. The average molecular weight is 335 g/mol. The molecule has 15 heavy (non-hydrogen) atoms. The number of nitrogen functional groups attached to an aromatic ring is 1. The molecule has 0 atom stereocenters. The van der Waals surface area contributed by atoms with Crippen molar-refractivity contribution in [2.45, 2.75) is 12.8 Å². The molecule has 8 heteroatoms. The molecule has 0 spiro atoms. The van der Waals surface area contributed by atoms with Gasteiger partial charge in [-0.1, -0.05) is 0 Å². The molecule has 0 saturated carbocycles. The van der Waals surface area contributed by atoms with Crippen molar-refractivity contribution in [1.29, 1.82) is 0 Å². The number of nitrogens with two attached hydrogens (primary N) is 1. The van der Waals surface area contributed by atoms with E-state index in [0.29, 0.717) is 15.1 Å². The van der Waals surface area contributed by atoms with Crippen molar-refractivity contribution in [3.8, 4) is 0 Å². The molecule has 4 nitrogen and oxygen atoms in total. The highest BCUT2D eigenvalue weighted by molar-refractivity contribution is 14.1. The normalized spacial score (nSPS) is 12.1. The number of hydrogen-bond acceptors (Lipinski definition) is 3. The summed E-state index contributed by atoms with van der Waals surface area (Å²) in [6, 6.07) is 0. The molecule has 1 aromatic rings. The van der Waals surface area contributed by atoms with Crippen molar-refractivity contribution in [3.63, 3.8) is 0 Å². The minimum Gasteiger partial charge on any atom is -0.381 e. The molecule has 0 radical (unpaired) electrons. The largest absolute Gasteiger partial charge is 0.411 e. The maximum absolute atomic E-state index is 11.8. The SMILES string of the molecule is Cn1nc(N)c(I)c1COCC(F)(F)F. The number of aryl methyl sites for hydroxylation is 1. The van der Waals surface area contributed by atoms with Crippen molar-refractivity contribution in [1.82, 2.24) is 9.78 Å². The molecule has 0 aliphatic carbocycles. The maximum atomic E-state index is 11.8. The Bertz CT molecular complexity index is 350. The Morgan fingerprint density at radius 3 is 2.53 bits per heavy atom. The highest BCUT2D eigenvalue weighted by Crippen LogP contribution is 2.20. The summed E-state index contributed by atoms with van der Waals surface area (Å²) in [4.78, 5) is 0. The zero-order chi connectivity index (χ0) is 11.6. The Hall–Kier alpha value is -0.510. The van der Waals surface area contributed by atoms with E-state index in [4.69, 9.17) is 5.73 Å². The second kappa shape index (κ2) is 4.56. The van der Waals surface area contributed by atoms with Gasteiger partial charge in [-0.2, -0.15) is 18.3 Å². The third-order valence-corrected chi connectivity index (χ3v) is 2.81. The first-order chi connectivity index (χ1) is 6.81. The van der Waals surface area contributed by atoms with Gasteiger partial charge >= 0.3 is 6.18 Å². The van der Waals surface area contributed by atoms with Gasteiger partial charge in [-0.3, -0.25) is 4.68 Å². The van der Waals surface area contributed by atoms with Crippen LogP contribution in [0.3, 0.4) is 0 Å². The summed E-state index contributed by atoms with van der Waals surface area (Å²) in [5.41, 5.74) is 6.02. The van der Waals surface area contributed by atoms with Crippen molar-refractivity contribution in [3.05, 3.63) is 9.26 Å². The summed E-state index contributed by atoms with van der Waals surface area (Å²) in [6.07, 6.45) is -4.31. The molecule has 0 unspecified atom stereocenters. The first-order valence-electron chi connectivity index (χ1n) is 3.92. The van der Waals surface area contributed by atoms with Crippen molar-refractivity contribution < 1.29 is 17.9 Å². The Labute approximate surface area is 97.7 Å². The molecule has 0 saturated heterocycles. The van der Waals surface area contributed by atoms with E-state index in [1.54, 1.807) is 7.05 Å². The number of alkyl halides is 3. The molecule has 2 N–H and O–H groups in total. The van der Waals surface area contributed by atoms with Gasteiger partial charge in [0.1, 0.15) is 6.61 Å². The predicted molar refractivity (Wildman–Crippen MR) is 56.0 cm³/mol. The Morgan fingerprint density at radius 1 is 1.53 bits per heavy atom. The number of hydrogen-bond donors (Lipinski definition) is 1. The fourth-order valence-electron chi connectivity index (χ4n) is 0.976. The third kappa shape index (κ3) is 3.52. The highest BCUT2D eigenvalue weighted by Gasteiger charge is 2.27. The Balaban J connectivity index is 2.58. The molecule has 1 heterocycles. The van der Waals surface area contributed by atoms with Crippen molar-refractivity contribution >= 4 is 28.4 Å². The fourth-order valence-corrected chi connectivity index (χ4v) is 1.59. The molecule has 0 bridgehead atoms. The Kier molecular flexibility index (Phi) is 3.82. The number of rotatable bonds is 3. The summed E-state index contributed by atoms with van der Waals surface area (Å²) in [5, 5.41) is 3.85. The van der Waals surface area contributed by atoms with E-state index in [-0.39, 0.29) is 6.61 Å². The molecule has 0 amide bonds. The number of nitrogens with zero attached hydrogens (tertiary/aromatic N) is 2. The minimum atomic E-state index is -4.31. The molecular formula is C7H9F3IN3O. The zero-order valence-corrected chi connectivity index (χ0v) is 9.96. The summed E-state index contributed by atoms with van der Waals surface area (Å²) >= 11 is 1.92. The third-order valence-electron chi connectivity index (χ3n) is 1.63. The summed E-state index contributed by atoms with van der Waals surface area (Å²) < 4.78 is 41.9. The highest BCUT2D eigenvalue weighted by atomic mass is 127. The van der Waals surface area contributed by atoms with Gasteiger partial charge in [0, 0.05) is 7.05 Å². The van der Waals surface area contributed by atoms with Crippen LogP contribution in [-0.2, 0) is 18.4 Å². The molecule has 1 aromatic heterocycles. The van der Waals surface area contributed by atoms with E-state index >= 15 is 0 Å². The molecule has 0 aliphatic rings. The lowest BCUT2D eigenvalue weighted by Gasteiger charge is -2.07. The lowest BCUT2D eigenvalue weighted by atomic mass is 10.4. The van der Waals surface area contributed by atoms with Gasteiger partial charge in [0.2, 0.25) is 0 Å². The summed E-state index contributed by atoms with van der Waals surface area (Å²) in [5.74, 6) is 0.295. The van der Waals surface area contributed by atoms with Crippen LogP contribution < -0.4 is 5.73 Å². The van der Waals surface area contributed by atoms with Gasteiger partial charge in [0.15, 0.2) is 5.82 Å².